The van der Waals surface area contributed by atoms with Crippen molar-refractivity contribution in [3.63, 3.8) is 0 Å². The molecule has 4 rings (SSSR count). The van der Waals surface area contributed by atoms with Gasteiger partial charge in [-0.05, 0) is 43.2 Å². The second-order valence-electron chi connectivity index (χ2n) is 7.05. The van der Waals surface area contributed by atoms with E-state index in [-0.39, 0.29) is 5.91 Å². The van der Waals surface area contributed by atoms with Crippen molar-refractivity contribution in [3.8, 4) is 0 Å². The third-order valence-corrected chi connectivity index (χ3v) is 4.88. The van der Waals surface area contributed by atoms with Crippen LogP contribution in [0.4, 0.5) is 17.3 Å². The summed E-state index contributed by atoms with van der Waals surface area (Å²) in [7, 11) is 0. The Bertz CT molecular complexity index is 1050. The first kappa shape index (κ1) is 17.9. The van der Waals surface area contributed by atoms with Gasteiger partial charge in [-0.15, -0.1) is 0 Å². The molecule has 142 valence electrons. The molecule has 28 heavy (non-hydrogen) atoms. The first-order chi connectivity index (χ1) is 13.5. The topological polar surface area (TPSA) is 97.0 Å². The Morgan fingerprint density at radius 2 is 2.04 bits per heavy atom. The Morgan fingerprint density at radius 1 is 1.18 bits per heavy atom. The number of hydrogen-bond acceptors (Lipinski definition) is 6. The number of benzene rings is 1. The molecule has 3 N–H and O–H groups in total. The summed E-state index contributed by atoms with van der Waals surface area (Å²) in [6, 6.07) is 9.56. The second-order valence-corrected chi connectivity index (χ2v) is 7.05. The fourth-order valence-corrected chi connectivity index (χ4v) is 3.43. The largest absolute Gasteiger partial charge is 0.368 e. The van der Waals surface area contributed by atoms with Crippen LogP contribution in [-0.2, 0) is 13.0 Å². The molecule has 0 fully saturated rings. The Morgan fingerprint density at radius 3 is 2.86 bits per heavy atom. The number of pyridine rings is 1. The van der Waals surface area contributed by atoms with Gasteiger partial charge in [0.05, 0.1) is 5.69 Å². The van der Waals surface area contributed by atoms with Gasteiger partial charge in [-0.3, -0.25) is 9.78 Å². The minimum Gasteiger partial charge on any atom is -0.368 e. The zero-order valence-corrected chi connectivity index (χ0v) is 15.9. The number of aromatic nitrogens is 3. The predicted molar refractivity (Wildman–Crippen MR) is 109 cm³/mol. The van der Waals surface area contributed by atoms with Crippen LogP contribution >= 0.6 is 0 Å². The molecule has 0 spiro atoms. The molecule has 7 heteroatoms. The third-order valence-electron chi connectivity index (χ3n) is 4.88. The zero-order chi connectivity index (χ0) is 19.7. The number of fused-ring (bicyclic) bond motifs is 1. The summed E-state index contributed by atoms with van der Waals surface area (Å²) < 4.78 is 0. The van der Waals surface area contributed by atoms with Crippen molar-refractivity contribution >= 4 is 23.2 Å². The molecular formula is C21H22N6O. The summed E-state index contributed by atoms with van der Waals surface area (Å²) in [5, 5.41) is 2.92. The Hall–Kier alpha value is -3.48. The van der Waals surface area contributed by atoms with E-state index in [1.165, 1.54) is 0 Å². The van der Waals surface area contributed by atoms with E-state index < -0.39 is 0 Å². The molecule has 0 atom stereocenters. The van der Waals surface area contributed by atoms with Gasteiger partial charge in [0.2, 0.25) is 5.95 Å². The summed E-state index contributed by atoms with van der Waals surface area (Å²) in [5.74, 6) is 0.0859. The van der Waals surface area contributed by atoms with Crippen LogP contribution in [0.25, 0.3) is 0 Å². The number of nitrogens with one attached hydrogen (secondary N) is 1. The summed E-state index contributed by atoms with van der Waals surface area (Å²) in [6.07, 6.45) is 4.32. The third kappa shape index (κ3) is 3.64. The summed E-state index contributed by atoms with van der Waals surface area (Å²) >= 11 is 0. The summed E-state index contributed by atoms with van der Waals surface area (Å²) in [5.41, 5.74) is 12.0. The number of aryl methyl sites for hydroxylation is 2. The van der Waals surface area contributed by atoms with Gasteiger partial charge in [0.1, 0.15) is 5.69 Å². The van der Waals surface area contributed by atoms with Crippen LogP contribution in [0.5, 0.6) is 0 Å². The average molecular weight is 374 g/mol. The molecule has 0 bridgehead atoms. The van der Waals surface area contributed by atoms with E-state index in [0.29, 0.717) is 18.2 Å². The van der Waals surface area contributed by atoms with Crippen molar-refractivity contribution in [2.45, 2.75) is 26.8 Å². The van der Waals surface area contributed by atoms with Gasteiger partial charge in [-0.25, -0.2) is 9.97 Å². The lowest BCUT2D eigenvalue weighted by Crippen LogP contribution is -2.32. The van der Waals surface area contributed by atoms with Crippen LogP contribution in [0.3, 0.4) is 0 Å². The number of nitrogens with zero attached hydrogens (tertiary/aromatic N) is 4. The molecule has 1 aliphatic rings. The van der Waals surface area contributed by atoms with Crippen molar-refractivity contribution in [1.82, 2.24) is 15.0 Å². The van der Waals surface area contributed by atoms with E-state index >= 15 is 0 Å². The number of carbonyl (C=O) groups excluding carboxylic acids is 1. The van der Waals surface area contributed by atoms with Crippen LogP contribution in [0.15, 0.2) is 42.7 Å². The zero-order valence-electron chi connectivity index (χ0n) is 15.9. The molecular weight excluding hydrogens is 352 g/mol. The molecule has 3 aromatic rings. The van der Waals surface area contributed by atoms with E-state index in [0.717, 1.165) is 46.7 Å². The van der Waals surface area contributed by atoms with Gasteiger partial charge in [0.15, 0.2) is 0 Å². The lowest BCUT2D eigenvalue weighted by molar-refractivity contribution is 0.102. The van der Waals surface area contributed by atoms with Gasteiger partial charge in [-0.1, -0.05) is 12.1 Å². The molecule has 0 saturated heterocycles. The maximum atomic E-state index is 12.7. The predicted octanol–water partition coefficient (Wildman–Crippen LogP) is 2.89. The van der Waals surface area contributed by atoms with Gasteiger partial charge in [0, 0.05) is 48.8 Å². The standard InChI is InChI=1S/C21H22N6O/c1-13-4-3-5-16(8-13)25-20(28)18-9-19(14(2)10-23-18)27-7-6-17-15(12-27)11-24-21(22)26-17/h3-5,8-11H,6-7,12H2,1-2H3,(H,25,28)(H2,22,24,26). The van der Waals surface area contributed by atoms with E-state index in [9.17, 15) is 4.79 Å². The molecule has 3 heterocycles. The molecule has 1 aliphatic heterocycles. The maximum Gasteiger partial charge on any atom is 0.274 e. The van der Waals surface area contributed by atoms with Crippen LogP contribution in [0.1, 0.15) is 32.9 Å². The van der Waals surface area contributed by atoms with Crippen molar-refractivity contribution < 1.29 is 4.79 Å². The normalized spacial score (nSPS) is 13.1. The number of amides is 1. The molecule has 7 nitrogen and oxygen atoms in total. The number of carbonyl (C=O) groups is 1. The smallest absolute Gasteiger partial charge is 0.274 e. The molecule has 0 saturated carbocycles. The van der Waals surface area contributed by atoms with Crippen LogP contribution in [0, 0.1) is 13.8 Å². The quantitative estimate of drug-likeness (QED) is 0.732. The minimum atomic E-state index is -0.222. The highest BCUT2D eigenvalue weighted by Crippen LogP contribution is 2.27. The second kappa shape index (κ2) is 7.26. The van der Waals surface area contributed by atoms with Crippen LogP contribution < -0.4 is 16.0 Å². The molecule has 1 aromatic carbocycles. The highest BCUT2D eigenvalue weighted by Gasteiger charge is 2.21. The van der Waals surface area contributed by atoms with Crippen molar-refractivity contribution in [1.29, 1.82) is 0 Å². The number of nitrogens with two attached hydrogens (primary N) is 1. The SMILES string of the molecule is Cc1cccc(NC(=O)c2cc(N3CCc4nc(N)ncc4C3)c(C)cn2)c1. The lowest BCUT2D eigenvalue weighted by Gasteiger charge is -2.31. The van der Waals surface area contributed by atoms with E-state index in [1.807, 2.05) is 44.2 Å². The van der Waals surface area contributed by atoms with Crippen molar-refractivity contribution in [2.24, 2.45) is 0 Å². The first-order valence-electron chi connectivity index (χ1n) is 9.19. The highest BCUT2D eigenvalue weighted by atomic mass is 16.1. The lowest BCUT2D eigenvalue weighted by atomic mass is 10.1. The van der Waals surface area contributed by atoms with Crippen molar-refractivity contribution in [3.05, 3.63) is 70.8 Å². The van der Waals surface area contributed by atoms with E-state index in [1.54, 1.807) is 12.4 Å². The van der Waals surface area contributed by atoms with Gasteiger partial charge >= 0.3 is 0 Å². The average Bonchev–Trinajstić information content (AvgIpc) is 2.68. The number of hydrogen-bond donors (Lipinski definition) is 2. The van der Waals surface area contributed by atoms with Gasteiger partial charge in [-0.2, -0.15) is 0 Å². The molecule has 0 aliphatic carbocycles. The Kier molecular flexibility index (Phi) is 4.65. The molecule has 0 radical (unpaired) electrons. The summed E-state index contributed by atoms with van der Waals surface area (Å²) in [6.45, 7) is 5.47. The van der Waals surface area contributed by atoms with Gasteiger partial charge in [0.25, 0.3) is 5.91 Å². The molecule has 1 amide bonds. The number of rotatable bonds is 3. The maximum absolute atomic E-state index is 12.7. The monoisotopic (exact) mass is 374 g/mol. The van der Waals surface area contributed by atoms with Crippen molar-refractivity contribution in [2.75, 3.05) is 22.5 Å². The van der Waals surface area contributed by atoms with Gasteiger partial charge < -0.3 is 16.0 Å². The Labute approximate surface area is 163 Å². The van der Waals surface area contributed by atoms with E-state index in [4.69, 9.17) is 5.73 Å². The Balaban J connectivity index is 1.57. The first-order valence-corrected chi connectivity index (χ1v) is 9.19. The molecule has 0 unspecified atom stereocenters. The highest BCUT2D eigenvalue weighted by molar-refractivity contribution is 6.03. The molecule has 2 aromatic heterocycles. The summed E-state index contributed by atoms with van der Waals surface area (Å²) in [4.78, 5) is 27.7. The number of anilines is 3. The van der Waals surface area contributed by atoms with E-state index in [2.05, 4.69) is 25.2 Å². The van der Waals surface area contributed by atoms with Crippen LogP contribution in [-0.4, -0.2) is 27.4 Å². The fraction of sp³-hybridized carbons (Fsp3) is 0.238. The fourth-order valence-electron chi connectivity index (χ4n) is 3.43. The minimum absolute atomic E-state index is 0.222. The van der Waals surface area contributed by atoms with Crippen LogP contribution in [0.2, 0.25) is 0 Å². The number of nitrogen functional groups attached to an aromatic ring is 1.